The van der Waals surface area contributed by atoms with Gasteiger partial charge in [-0.05, 0) is 23.8 Å². The summed E-state index contributed by atoms with van der Waals surface area (Å²) in [4.78, 5) is 0. The number of ether oxygens (including phenoxy) is 1. The molecule has 2 aromatic rings. The molecule has 2 nitrogen and oxygen atoms in total. The number of benzene rings is 2. The van der Waals surface area contributed by atoms with Crippen LogP contribution in [0.4, 0.5) is 5.69 Å². The lowest BCUT2D eigenvalue weighted by molar-refractivity contribution is 0.415. The van der Waals surface area contributed by atoms with Gasteiger partial charge in [-0.2, -0.15) is 0 Å². The first kappa shape index (κ1) is 13.1. The van der Waals surface area contributed by atoms with Crippen molar-refractivity contribution < 1.29 is 4.74 Å². The molecule has 0 aliphatic rings. The average Bonchev–Trinajstić information content (AvgIpc) is 2.41. The van der Waals surface area contributed by atoms with Crippen molar-refractivity contribution in [1.82, 2.24) is 0 Å². The standard InChI is InChI=1S/C14H13Cl2NO/c1-18-12-6-3-5-11(8-12)17-9-10-4-2-7-13(15)14(10)16/h2-8,17H,9H2,1H3. The van der Waals surface area contributed by atoms with Crippen molar-refractivity contribution in [2.75, 3.05) is 12.4 Å². The zero-order valence-electron chi connectivity index (χ0n) is 9.91. The molecule has 0 bridgehead atoms. The van der Waals surface area contributed by atoms with Gasteiger partial charge in [-0.3, -0.25) is 0 Å². The van der Waals surface area contributed by atoms with Gasteiger partial charge in [0, 0.05) is 18.3 Å². The van der Waals surface area contributed by atoms with E-state index < -0.39 is 0 Å². The van der Waals surface area contributed by atoms with Gasteiger partial charge in [-0.25, -0.2) is 0 Å². The Labute approximate surface area is 116 Å². The molecule has 0 aromatic heterocycles. The summed E-state index contributed by atoms with van der Waals surface area (Å²) in [6.45, 7) is 0.618. The van der Waals surface area contributed by atoms with E-state index in [1.807, 2.05) is 36.4 Å². The maximum atomic E-state index is 6.12. The monoisotopic (exact) mass is 281 g/mol. The highest BCUT2D eigenvalue weighted by atomic mass is 35.5. The van der Waals surface area contributed by atoms with E-state index in [2.05, 4.69) is 5.32 Å². The van der Waals surface area contributed by atoms with Gasteiger partial charge >= 0.3 is 0 Å². The van der Waals surface area contributed by atoms with E-state index in [0.717, 1.165) is 17.0 Å². The predicted molar refractivity (Wildman–Crippen MR) is 76.8 cm³/mol. The van der Waals surface area contributed by atoms with Crippen molar-refractivity contribution in [3.05, 3.63) is 58.1 Å². The van der Waals surface area contributed by atoms with E-state index in [0.29, 0.717) is 16.6 Å². The maximum Gasteiger partial charge on any atom is 0.120 e. The van der Waals surface area contributed by atoms with Gasteiger partial charge in [0.15, 0.2) is 0 Å². The van der Waals surface area contributed by atoms with Crippen molar-refractivity contribution in [2.45, 2.75) is 6.54 Å². The minimum atomic E-state index is 0.571. The lowest BCUT2D eigenvalue weighted by atomic mass is 10.2. The van der Waals surface area contributed by atoms with E-state index in [1.54, 1.807) is 13.2 Å². The molecule has 0 aliphatic carbocycles. The second-order valence-electron chi connectivity index (χ2n) is 3.80. The summed E-state index contributed by atoms with van der Waals surface area (Å²) in [5, 5.41) is 4.44. The van der Waals surface area contributed by atoms with Crippen LogP contribution in [-0.2, 0) is 6.54 Å². The highest BCUT2D eigenvalue weighted by Gasteiger charge is 2.04. The fraction of sp³-hybridized carbons (Fsp3) is 0.143. The zero-order chi connectivity index (χ0) is 13.0. The molecule has 0 saturated heterocycles. The molecule has 0 amide bonds. The molecule has 0 aliphatic heterocycles. The lowest BCUT2D eigenvalue weighted by Crippen LogP contribution is -2.00. The van der Waals surface area contributed by atoms with Gasteiger partial charge in [0.2, 0.25) is 0 Å². The van der Waals surface area contributed by atoms with E-state index in [9.17, 15) is 0 Å². The fourth-order valence-corrected chi connectivity index (χ4v) is 2.00. The van der Waals surface area contributed by atoms with Crippen molar-refractivity contribution in [3.63, 3.8) is 0 Å². The first-order chi connectivity index (χ1) is 8.70. The number of anilines is 1. The van der Waals surface area contributed by atoms with Crippen LogP contribution < -0.4 is 10.1 Å². The van der Waals surface area contributed by atoms with Crippen LogP contribution in [0, 0.1) is 0 Å². The highest BCUT2D eigenvalue weighted by molar-refractivity contribution is 6.42. The minimum absolute atomic E-state index is 0.571. The number of hydrogen-bond donors (Lipinski definition) is 1. The second-order valence-corrected chi connectivity index (χ2v) is 4.58. The van der Waals surface area contributed by atoms with E-state index in [1.165, 1.54) is 0 Å². The topological polar surface area (TPSA) is 21.3 Å². The molecule has 1 N–H and O–H groups in total. The fourth-order valence-electron chi connectivity index (χ4n) is 1.62. The summed E-state index contributed by atoms with van der Waals surface area (Å²) in [5.41, 5.74) is 1.94. The number of methoxy groups -OCH3 is 1. The lowest BCUT2D eigenvalue weighted by Gasteiger charge is -2.10. The molecule has 0 radical (unpaired) electrons. The number of hydrogen-bond acceptors (Lipinski definition) is 2. The quantitative estimate of drug-likeness (QED) is 0.883. The molecule has 4 heteroatoms. The second kappa shape index (κ2) is 5.98. The van der Waals surface area contributed by atoms with Crippen LogP contribution in [0.5, 0.6) is 5.75 Å². The van der Waals surface area contributed by atoms with Crippen molar-refractivity contribution >= 4 is 28.9 Å². The van der Waals surface area contributed by atoms with Gasteiger partial charge in [-0.1, -0.05) is 41.4 Å². The molecular formula is C14H13Cl2NO. The largest absolute Gasteiger partial charge is 0.497 e. The van der Waals surface area contributed by atoms with Gasteiger partial charge in [0.05, 0.1) is 17.2 Å². The van der Waals surface area contributed by atoms with E-state index in [4.69, 9.17) is 27.9 Å². The van der Waals surface area contributed by atoms with Crippen LogP contribution >= 0.6 is 23.2 Å². The molecule has 0 unspecified atom stereocenters. The summed E-state index contributed by atoms with van der Waals surface area (Å²) in [5.74, 6) is 0.817. The summed E-state index contributed by atoms with van der Waals surface area (Å²) in [6, 6.07) is 13.3. The van der Waals surface area contributed by atoms with E-state index >= 15 is 0 Å². The summed E-state index contributed by atoms with van der Waals surface area (Å²) in [7, 11) is 1.65. The first-order valence-corrected chi connectivity index (χ1v) is 6.27. The molecule has 2 rings (SSSR count). The number of nitrogens with one attached hydrogen (secondary N) is 1. The predicted octanol–water partition coefficient (Wildman–Crippen LogP) is 4.61. The molecule has 0 fully saturated rings. The van der Waals surface area contributed by atoms with Crippen molar-refractivity contribution in [1.29, 1.82) is 0 Å². The molecule has 0 saturated carbocycles. The third kappa shape index (κ3) is 3.09. The first-order valence-electron chi connectivity index (χ1n) is 5.51. The third-order valence-corrected chi connectivity index (χ3v) is 3.44. The Kier molecular flexibility index (Phi) is 4.34. The van der Waals surface area contributed by atoms with Crippen LogP contribution in [0.2, 0.25) is 10.0 Å². The van der Waals surface area contributed by atoms with Crippen LogP contribution in [0.1, 0.15) is 5.56 Å². The Morgan fingerprint density at radius 2 is 1.89 bits per heavy atom. The zero-order valence-corrected chi connectivity index (χ0v) is 11.4. The van der Waals surface area contributed by atoms with Gasteiger partial charge in [-0.15, -0.1) is 0 Å². The summed E-state index contributed by atoms with van der Waals surface area (Å²) >= 11 is 12.1. The number of rotatable bonds is 4. The Balaban J connectivity index is 2.09. The van der Waals surface area contributed by atoms with Crippen LogP contribution in [-0.4, -0.2) is 7.11 Å². The van der Waals surface area contributed by atoms with Crippen LogP contribution in [0.15, 0.2) is 42.5 Å². The number of halogens is 2. The maximum absolute atomic E-state index is 6.12. The average molecular weight is 282 g/mol. The molecular weight excluding hydrogens is 269 g/mol. The van der Waals surface area contributed by atoms with E-state index in [-0.39, 0.29) is 0 Å². The normalized spacial score (nSPS) is 10.2. The Hall–Kier alpha value is -1.38. The Bertz CT molecular complexity index is 543. The smallest absolute Gasteiger partial charge is 0.120 e. The van der Waals surface area contributed by atoms with Gasteiger partial charge < -0.3 is 10.1 Å². The summed E-state index contributed by atoms with van der Waals surface area (Å²) in [6.07, 6.45) is 0. The molecule has 0 heterocycles. The molecule has 0 spiro atoms. The Morgan fingerprint density at radius 1 is 1.11 bits per heavy atom. The van der Waals surface area contributed by atoms with Gasteiger partial charge in [0.25, 0.3) is 0 Å². The molecule has 0 atom stereocenters. The van der Waals surface area contributed by atoms with Crippen LogP contribution in [0.3, 0.4) is 0 Å². The summed E-state index contributed by atoms with van der Waals surface area (Å²) < 4.78 is 5.16. The molecule has 94 valence electrons. The Morgan fingerprint density at radius 3 is 2.67 bits per heavy atom. The molecule has 2 aromatic carbocycles. The molecule has 18 heavy (non-hydrogen) atoms. The minimum Gasteiger partial charge on any atom is -0.497 e. The van der Waals surface area contributed by atoms with Gasteiger partial charge in [0.1, 0.15) is 5.75 Å². The van der Waals surface area contributed by atoms with Crippen molar-refractivity contribution in [2.24, 2.45) is 0 Å². The van der Waals surface area contributed by atoms with Crippen molar-refractivity contribution in [3.8, 4) is 5.75 Å². The van der Waals surface area contributed by atoms with Crippen LogP contribution in [0.25, 0.3) is 0 Å². The third-order valence-electron chi connectivity index (χ3n) is 2.58. The highest BCUT2D eigenvalue weighted by Crippen LogP contribution is 2.26. The SMILES string of the molecule is COc1cccc(NCc2cccc(Cl)c2Cl)c1.